The van der Waals surface area contributed by atoms with Crippen LogP contribution in [-0.4, -0.2) is 18.2 Å². The van der Waals surface area contributed by atoms with Gasteiger partial charge in [-0.25, -0.2) is 0 Å². The summed E-state index contributed by atoms with van der Waals surface area (Å²) in [6.07, 6.45) is 9.91. The molecule has 1 spiro atoms. The van der Waals surface area contributed by atoms with E-state index in [1.165, 1.54) is 44.1 Å². The molecule has 20 heavy (non-hydrogen) atoms. The van der Waals surface area contributed by atoms with Crippen LogP contribution >= 0.6 is 11.3 Å². The summed E-state index contributed by atoms with van der Waals surface area (Å²) in [5.41, 5.74) is 4.66. The number of nitrogens with one attached hydrogen (secondary N) is 1. The second kappa shape index (κ2) is 6.56. The van der Waals surface area contributed by atoms with E-state index in [0.717, 1.165) is 19.4 Å². The number of hydrogen-bond donors (Lipinski definition) is 2. The molecule has 0 amide bonds. The lowest BCUT2D eigenvalue weighted by atomic mass is 9.73. The molecule has 3 rings (SSSR count). The third-order valence-electron chi connectivity index (χ3n) is 5.11. The Morgan fingerprint density at radius 3 is 2.95 bits per heavy atom. The van der Waals surface area contributed by atoms with Gasteiger partial charge >= 0.3 is 0 Å². The largest absolute Gasteiger partial charge is 0.375 e. The van der Waals surface area contributed by atoms with Gasteiger partial charge in [-0.15, -0.1) is 0 Å². The van der Waals surface area contributed by atoms with Crippen molar-refractivity contribution >= 4 is 11.3 Å². The number of rotatable bonds is 4. The first-order valence-corrected chi connectivity index (χ1v) is 8.87. The van der Waals surface area contributed by atoms with Crippen molar-refractivity contribution in [3.8, 4) is 0 Å². The van der Waals surface area contributed by atoms with Crippen LogP contribution in [0.2, 0.25) is 0 Å². The maximum absolute atomic E-state index is 6.20. The third-order valence-corrected chi connectivity index (χ3v) is 5.85. The van der Waals surface area contributed by atoms with Crippen molar-refractivity contribution in [1.82, 2.24) is 5.43 Å². The van der Waals surface area contributed by atoms with Crippen molar-refractivity contribution in [3.63, 3.8) is 0 Å². The minimum absolute atomic E-state index is 0.172. The predicted molar refractivity (Wildman–Crippen MR) is 83.6 cm³/mol. The quantitative estimate of drug-likeness (QED) is 0.662. The second-order valence-corrected chi connectivity index (χ2v) is 7.23. The number of thiophene rings is 1. The Kier molecular flexibility index (Phi) is 4.76. The molecule has 1 saturated heterocycles. The molecule has 0 aromatic carbocycles. The molecule has 2 aliphatic rings. The van der Waals surface area contributed by atoms with Crippen molar-refractivity contribution in [3.05, 3.63) is 22.4 Å². The van der Waals surface area contributed by atoms with E-state index in [1.807, 2.05) is 0 Å². The third kappa shape index (κ3) is 3.25. The molecule has 0 bridgehead atoms. The van der Waals surface area contributed by atoms with Gasteiger partial charge in [-0.2, -0.15) is 11.3 Å². The van der Waals surface area contributed by atoms with Crippen LogP contribution in [0.3, 0.4) is 0 Å². The highest BCUT2D eigenvalue weighted by molar-refractivity contribution is 7.07. The Balaban J connectivity index is 1.65. The van der Waals surface area contributed by atoms with E-state index in [2.05, 4.69) is 22.3 Å². The van der Waals surface area contributed by atoms with E-state index in [0.29, 0.717) is 12.0 Å². The van der Waals surface area contributed by atoms with Crippen molar-refractivity contribution < 1.29 is 4.74 Å². The van der Waals surface area contributed by atoms with Gasteiger partial charge in [-0.05, 0) is 60.4 Å². The summed E-state index contributed by atoms with van der Waals surface area (Å²) in [6.45, 7) is 0.909. The van der Waals surface area contributed by atoms with Crippen LogP contribution in [0.15, 0.2) is 16.8 Å². The molecule has 1 aliphatic carbocycles. The minimum Gasteiger partial charge on any atom is -0.375 e. The summed E-state index contributed by atoms with van der Waals surface area (Å²) in [5, 5.41) is 4.38. The molecule has 2 unspecified atom stereocenters. The molecular formula is C16H26N2OS. The summed E-state index contributed by atoms with van der Waals surface area (Å²) in [7, 11) is 0. The summed E-state index contributed by atoms with van der Waals surface area (Å²) < 4.78 is 6.20. The standard InChI is InChI=1S/C16H26N2OS/c17-18-15(10-13-5-9-20-12-13)14-4-8-19-16(11-14)6-2-1-3-7-16/h5,9,12,14-15,18H,1-4,6-8,10-11,17H2. The van der Waals surface area contributed by atoms with Crippen molar-refractivity contribution in [2.45, 2.75) is 63.0 Å². The Morgan fingerprint density at radius 1 is 1.40 bits per heavy atom. The fourth-order valence-corrected chi connectivity index (χ4v) is 4.66. The van der Waals surface area contributed by atoms with Gasteiger partial charge in [0.2, 0.25) is 0 Å². The second-order valence-electron chi connectivity index (χ2n) is 6.45. The van der Waals surface area contributed by atoms with E-state index in [-0.39, 0.29) is 5.60 Å². The predicted octanol–water partition coefficient (Wildman–Crippen LogP) is 3.25. The molecule has 0 radical (unpaired) electrons. The summed E-state index contributed by atoms with van der Waals surface area (Å²) >= 11 is 1.77. The maximum atomic E-state index is 6.20. The first-order chi connectivity index (χ1) is 9.81. The molecule has 1 aliphatic heterocycles. The van der Waals surface area contributed by atoms with Gasteiger partial charge < -0.3 is 4.74 Å². The highest BCUT2D eigenvalue weighted by Gasteiger charge is 2.40. The van der Waals surface area contributed by atoms with E-state index in [1.54, 1.807) is 11.3 Å². The van der Waals surface area contributed by atoms with Gasteiger partial charge in [0.15, 0.2) is 0 Å². The Morgan fingerprint density at radius 2 is 2.25 bits per heavy atom. The zero-order valence-corrected chi connectivity index (χ0v) is 13.0. The smallest absolute Gasteiger partial charge is 0.0685 e. The summed E-state index contributed by atoms with van der Waals surface area (Å²) in [4.78, 5) is 0. The lowest BCUT2D eigenvalue weighted by Gasteiger charge is -2.45. The van der Waals surface area contributed by atoms with Gasteiger partial charge in [0.1, 0.15) is 0 Å². The van der Waals surface area contributed by atoms with Crippen LogP contribution in [0.5, 0.6) is 0 Å². The van der Waals surface area contributed by atoms with E-state index in [9.17, 15) is 0 Å². The summed E-state index contributed by atoms with van der Waals surface area (Å²) in [6, 6.07) is 2.59. The normalized spacial score (nSPS) is 27.6. The molecular weight excluding hydrogens is 268 g/mol. The molecule has 3 N–H and O–H groups in total. The summed E-state index contributed by atoms with van der Waals surface area (Å²) in [5.74, 6) is 6.50. The lowest BCUT2D eigenvalue weighted by molar-refractivity contribution is -0.121. The molecule has 1 aromatic rings. The molecule has 3 nitrogen and oxygen atoms in total. The van der Waals surface area contributed by atoms with Gasteiger partial charge in [-0.1, -0.05) is 19.3 Å². The molecule has 112 valence electrons. The van der Waals surface area contributed by atoms with Gasteiger partial charge in [0.05, 0.1) is 5.60 Å². The van der Waals surface area contributed by atoms with Gasteiger partial charge in [0, 0.05) is 12.6 Å². The van der Waals surface area contributed by atoms with E-state index in [4.69, 9.17) is 10.6 Å². The molecule has 2 atom stereocenters. The number of nitrogens with two attached hydrogens (primary N) is 1. The van der Waals surface area contributed by atoms with Crippen LogP contribution in [0.25, 0.3) is 0 Å². The Bertz CT molecular complexity index is 395. The Labute approximate surface area is 125 Å². The van der Waals surface area contributed by atoms with Crippen molar-refractivity contribution in [1.29, 1.82) is 0 Å². The highest BCUT2D eigenvalue weighted by Crippen LogP contribution is 2.41. The zero-order chi connectivity index (χ0) is 13.8. The van der Waals surface area contributed by atoms with Crippen LogP contribution in [0.1, 0.15) is 50.5 Å². The first-order valence-electron chi connectivity index (χ1n) is 7.92. The lowest BCUT2D eigenvalue weighted by Crippen LogP contribution is -2.50. The van der Waals surface area contributed by atoms with Crippen LogP contribution < -0.4 is 11.3 Å². The van der Waals surface area contributed by atoms with Crippen LogP contribution in [-0.2, 0) is 11.2 Å². The average Bonchev–Trinajstić information content (AvgIpc) is 2.98. The Hall–Kier alpha value is -0.420. The zero-order valence-electron chi connectivity index (χ0n) is 12.1. The van der Waals surface area contributed by atoms with Gasteiger partial charge in [-0.3, -0.25) is 11.3 Å². The van der Waals surface area contributed by atoms with Crippen LogP contribution in [0.4, 0.5) is 0 Å². The van der Waals surface area contributed by atoms with Gasteiger partial charge in [0.25, 0.3) is 0 Å². The molecule has 1 aromatic heterocycles. The maximum Gasteiger partial charge on any atom is 0.0685 e. The number of hydrazine groups is 1. The minimum atomic E-state index is 0.172. The monoisotopic (exact) mass is 294 g/mol. The molecule has 2 fully saturated rings. The first kappa shape index (κ1) is 14.5. The van der Waals surface area contributed by atoms with Crippen LogP contribution in [0, 0.1) is 5.92 Å². The van der Waals surface area contributed by atoms with E-state index >= 15 is 0 Å². The molecule has 4 heteroatoms. The fourth-order valence-electron chi connectivity index (χ4n) is 3.98. The van der Waals surface area contributed by atoms with Crippen molar-refractivity contribution in [2.24, 2.45) is 11.8 Å². The number of ether oxygens (including phenoxy) is 1. The topological polar surface area (TPSA) is 47.3 Å². The SMILES string of the molecule is NNC(Cc1ccsc1)C1CCOC2(CCCCC2)C1. The number of hydrogen-bond acceptors (Lipinski definition) is 4. The molecule has 1 saturated carbocycles. The molecule has 2 heterocycles. The highest BCUT2D eigenvalue weighted by atomic mass is 32.1. The fraction of sp³-hybridized carbons (Fsp3) is 0.750. The van der Waals surface area contributed by atoms with E-state index < -0.39 is 0 Å². The average molecular weight is 294 g/mol. The van der Waals surface area contributed by atoms with Crippen molar-refractivity contribution in [2.75, 3.05) is 6.61 Å².